The summed E-state index contributed by atoms with van der Waals surface area (Å²) in [5.41, 5.74) is 1.09. The number of nitrogens with zero attached hydrogens (tertiary/aromatic N) is 3. The molecule has 0 radical (unpaired) electrons. The smallest absolute Gasteiger partial charge is 0.301 e. The monoisotopic (exact) mass is 357 g/mol. The molecule has 2 aromatic heterocycles. The third-order valence-corrected chi connectivity index (χ3v) is 4.39. The van der Waals surface area contributed by atoms with Crippen LogP contribution in [-0.4, -0.2) is 26.8 Å². The average molecular weight is 357 g/mol. The van der Waals surface area contributed by atoms with Gasteiger partial charge in [0.1, 0.15) is 11.6 Å². The highest BCUT2D eigenvalue weighted by Gasteiger charge is 2.47. The van der Waals surface area contributed by atoms with Gasteiger partial charge >= 0.3 is 5.91 Å². The molecule has 1 aliphatic heterocycles. The van der Waals surface area contributed by atoms with Gasteiger partial charge in [0.25, 0.3) is 5.78 Å². The second kappa shape index (κ2) is 6.84. The minimum atomic E-state index is -0.811. The van der Waals surface area contributed by atoms with E-state index in [1.807, 2.05) is 6.07 Å². The lowest BCUT2D eigenvalue weighted by molar-refractivity contribution is -0.132. The summed E-state index contributed by atoms with van der Waals surface area (Å²) in [7, 11) is 0. The largest absolute Gasteiger partial charge is 0.507 e. The Hall–Kier alpha value is -3.80. The van der Waals surface area contributed by atoms with Crippen molar-refractivity contribution in [2.24, 2.45) is 0 Å². The van der Waals surface area contributed by atoms with E-state index in [9.17, 15) is 14.7 Å². The van der Waals surface area contributed by atoms with E-state index in [0.717, 1.165) is 0 Å². The number of carbonyl (C=O) groups excluding carboxylic acids is 2. The Morgan fingerprint density at radius 3 is 2.37 bits per heavy atom. The average Bonchev–Trinajstić information content (AvgIpc) is 3.00. The summed E-state index contributed by atoms with van der Waals surface area (Å²) in [6, 6.07) is 16.5. The molecule has 1 aliphatic rings. The number of aliphatic hydroxyl groups is 1. The van der Waals surface area contributed by atoms with Crippen LogP contribution in [0.15, 0.2) is 84.8 Å². The lowest BCUT2D eigenvalue weighted by atomic mass is 9.96. The van der Waals surface area contributed by atoms with Crippen LogP contribution in [0.2, 0.25) is 0 Å². The van der Waals surface area contributed by atoms with Crippen LogP contribution in [-0.2, 0) is 9.59 Å². The summed E-state index contributed by atoms with van der Waals surface area (Å²) in [4.78, 5) is 35.3. The molecular weight excluding hydrogens is 342 g/mol. The Morgan fingerprint density at radius 1 is 0.926 bits per heavy atom. The number of aliphatic hydroxyl groups excluding tert-OH is 1. The van der Waals surface area contributed by atoms with E-state index in [1.54, 1.807) is 73.2 Å². The molecule has 0 unspecified atom stereocenters. The second-order valence-electron chi connectivity index (χ2n) is 6.01. The van der Waals surface area contributed by atoms with Crippen LogP contribution in [0.3, 0.4) is 0 Å². The number of rotatable bonds is 3. The number of amides is 1. The molecular formula is C21H15N3O3. The van der Waals surface area contributed by atoms with E-state index in [0.29, 0.717) is 16.9 Å². The molecule has 132 valence electrons. The van der Waals surface area contributed by atoms with Gasteiger partial charge in [0.15, 0.2) is 0 Å². The first-order valence-electron chi connectivity index (χ1n) is 8.36. The third-order valence-electron chi connectivity index (χ3n) is 4.39. The Morgan fingerprint density at radius 2 is 1.70 bits per heavy atom. The number of Topliss-reactive ketones (excluding diaryl/α,β-unsaturated/α-hetero) is 1. The van der Waals surface area contributed by atoms with Crippen molar-refractivity contribution in [3.05, 3.63) is 96.0 Å². The molecule has 4 rings (SSSR count). The zero-order chi connectivity index (χ0) is 18.8. The maximum absolute atomic E-state index is 12.8. The molecule has 1 aromatic carbocycles. The third kappa shape index (κ3) is 2.87. The van der Waals surface area contributed by atoms with E-state index in [1.165, 1.54) is 4.90 Å². The van der Waals surface area contributed by atoms with Crippen LogP contribution >= 0.6 is 0 Å². The van der Waals surface area contributed by atoms with Crippen LogP contribution in [0.1, 0.15) is 17.2 Å². The fraction of sp³-hybridized carbons (Fsp3) is 0.0476. The summed E-state index contributed by atoms with van der Waals surface area (Å²) in [5.74, 6) is -1.38. The second-order valence-corrected chi connectivity index (χ2v) is 6.01. The minimum absolute atomic E-state index is 0.0184. The first-order chi connectivity index (χ1) is 13.2. The fourth-order valence-electron chi connectivity index (χ4n) is 3.17. The zero-order valence-electron chi connectivity index (χ0n) is 14.2. The minimum Gasteiger partial charge on any atom is -0.507 e. The van der Waals surface area contributed by atoms with Crippen LogP contribution in [0, 0.1) is 0 Å². The van der Waals surface area contributed by atoms with Gasteiger partial charge in [0, 0.05) is 24.2 Å². The van der Waals surface area contributed by atoms with Crippen molar-refractivity contribution in [3.63, 3.8) is 0 Å². The summed E-state index contributed by atoms with van der Waals surface area (Å²) in [6.45, 7) is 0. The number of benzene rings is 1. The van der Waals surface area contributed by atoms with E-state index >= 15 is 0 Å². The van der Waals surface area contributed by atoms with E-state index in [4.69, 9.17) is 0 Å². The van der Waals surface area contributed by atoms with Crippen molar-refractivity contribution < 1.29 is 14.7 Å². The van der Waals surface area contributed by atoms with Gasteiger partial charge in [-0.2, -0.15) is 0 Å². The van der Waals surface area contributed by atoms with Crippen molar-refractivity contribution in [2.45, 2.75) is 6.04 Å². The highest BCUT2D eigenvalue weighted by atomic mass is 16.3. The lowest BCUT2D eigenvalue weighted by Gasteiger charge is -2.24. The van der Waals surface area contributed by atoms with Gasteiger partial charge in [0.05, 0.1) is 11.6 Å². The molecule has 0 spiro atoms. The number of ketones is 1. The van der Waals surface area contributed by atoms with Crippen LogP contribution < -0.4 is 4.90 Å². The number of hydrogen-bond donors (Lipinski definition) is 1. The van der Waals surface area contributed by atoms with Gasteiger partial charge in [-0.25, -0.2) is 4.98 Å². The van der Waals surface area contributed by atoms with Gasteiger partial charge in [-0.15, -0.1) is 0 Å². The highest BCUT2D eigenvalue weighted by molar-refractivity contribution is 6.51. The molecule has 3 heterocycles. The molecule has 3 aromatic rings. The number of anilines is 1. The molecule has 1 atom stereocenters. The number of hydrogen-bond acceptors (Lipinski definition) is 5. The van der Waals surface area contributed by atoms with Gasteiger partial charge in [-0.3, -0.25) is 19.5 Å². The molecule has 1 fully saturated rings. The Labute approximate surface area is 155 Å². The van der Waals surface area contributed by atoms with Crippen LogP contribution in [0.5, 0.6) is 0 Å². The Kier molecular flexibility index (Phi) is 4.22. The van der Waals surface area contributed by atoms with Gasteiger partial charge in [-0.1, -0.05) is 42.5 Å². The number of pyridine rings is 2. The first-order valence-corrected chi connectivity index (χ1v) is 8.36. The SMILES string of the molecule is O=C1C(=O)N(c2ccccn2)[C@@H](c2cccnc2)C1=C(O)c1ccccc1. The van der Waals surface area contributed by atoms with Crippen molar-refractivity contribution in [2.75, 3.05) is 4.90 Å². The molecule has 1 saturated heterocycles. The molecule has 0 saturated carbocycles. The Balaban J connectivity index is 1.95. The lowest BCUT2D eigenvalue weighted by Crippen LogP contribution is -2.30. The Bertz CT molecular complexity index is 1020. The maximum Gasteiger partial charge on any atom is 0.301 e. The molecule has 1 amide bonds. The summed E-state index contributed by atoms with van der Waals surface area (Å²) in [5, 5.41) is 10.8. The van der Waals surface area contributed by atoms with Crippen molar-refractivity contribution in [1.29, 1.82) is 0 Å². The molecule has 27 heavy (non-hydrogen) atoms. The number of aromatic nitrogens is 2. The maximum atomic E-state index is 12.8. The van der Waals surface area contributed by atoms with E-state index < -0.39 is 17.7 Å². The number of carbonyl (C=O) groups is 2. The van der Waals surface area contributed by atoms with E-state index in [-0.39, 0.29) is 11.3 Å². The van der Waals surface area contributed by atoms with Gasteiger partial charge in [0.2, 0.25) is 0 Å². The highest BCUT2D eigenvalue weighted by Crippen LogP contribution is 2.41. The fourth-order valence-corrected chi connectivity index (χ4v) is 3.17. The molecule has 6 heteroatoms. The molecule has 1 N–H and O–H groups in total. The standard InChI is InChI=1S/C21H15N3O3/c25-19(14-7-2-1-3-8-14)17-18(15-9-6-11-22-13-15)24(21(27)20(17)26)16-10-4-5-12-23-16/h1-13,18,25H/t18-/m0/s1. The molecule has 6 nitrogen and oxygen atoms in total. The summed E-state index contributed by atoms with van der Waals surface area (Å²) < 4.78 is 0. The predicted octanol–water partition coefficient (Wildman–Crippen LogP) is 3.10. The van der Waals surface area contributed by atoms with Gasteiger partial charge < -0.3 is 5.11 Å². The topological polar surface area (TPSA) is 83.4 Å². The first kappa shape index (κ1) is 16.7. The van der Waals surface area contributed by atoms with Crippen LogP contribution in [0.4, 0.5) is 5.82 Å². The van der Waals surface area contributed by atoms with Crippen LogP contribution in [0.25, 0.3) is 5.76 Å². The van der Waals surface area contributed by atoms with Crippen molar-refractivity contribution in [1.82, 2.24) is 9.97 Å². The summed E-state index contributed by atoms with van der Waals surface area (Å²) >= 11 is 0. The normalized spacial score (nSPS) is 18.7. The molecule has 0 bridgehead atoms. The van der Waals surface area contributed by atoms with Crippen molar-refractivity contribution in [3.8, 4) is 0 Å². The molecule has 0 aliphatic carbocycles. The summed E-state index contributed by atoms with van der Waals surface area (Å²) in [6.07, 6.45) is 4.73. The predicted molar refractivity (Wildman–Crippen MR) is 99.7 cm³/mol. The van der Waals surface area contributed by atoms with Crippen molar-refractivity contribution >= 4 is 23.3 Å². The zero-order valence-corrected chi connectivity index (χ0v) is 14.2. The quantitative estimate of drug-likeness (QED) is 0.442. The van der Waals surface area contributed by atoms with E-state index in [2.05, 4.69) is 9.97 Å². The van der Waals surface area contributed by atoms with Gasteiger partial charge in [-0.05, 0) is 23.8 Å².